The number of dihydropyridines is 1. The summed E-state index contributed by atoms with van der Waals surface area (Å²) in [6.07, 6.45) is 0.681. The van der Waals surface area contributed by atoms with Crippen molar-refractivity contribution in [2.75, 3.05) is 40.5 Å². The fourth-order valence-corrected chi connectivity index (χ4v) is 4.64. The summed E-state index contributed by atoms with van der Waals surface area (Å²) < 4.78 is 21.6. The summed E-state index contributed by atoms with van der Waals surface area (Å²) >= 11 is 0. The van der Waals surface area contributed by atoms with Crippen LogP contribution in [0.15, 0.2) is 71.1 Å². The zero-order valence-corrected chi connectivity index (χ0v) is 24.2. The molecule has 12 heteroatoms. The van der Waals surface area contributed by atoms with Gasteiger partial charge < -0.3 is 34.7 Å². The summed E-state index contributed by atoms with van der Waals surface area (Å²) in [5.74, 6) is -1.44. The van der Waals surface area contributed by atoms with Gasteiger partial charge in [0.25, 0.3) is 5.69 Å². The zero-order chi connectivity index (χ0) is 30.6. The number of nitro groups is 1. The van der Waals surface area contributed by atoms with Crippen LogP contribution in [0, 0.1) is 10.1 Å². The Morgan fingerprint density at radius 1 is 1.00 bits per heavy atom. The van der Waals surface area contributed by atoms with Crippen molar-refractivity contribution < 1.29 is 38.6 Å². The maximum Gasteiger partial charge on any atom is 0.336 e. The molecule has 226 valence electrons. The van der Waals surface area contributed by atoms with Crippen LogP contribution in [0.2, 0.25) is 0 Å². The Morgan fingerprint density at radius 3 is 2.24 bits per heavy atom. The van der Waals surface area contributed by atoms with Crippen molar-refractivity contribution in [2.24, 2.45) is 0 Å². The first-order valence-electron chi connectivity index (χ1n) is 13.5. The summed E-state index contributed by atoms with van der Waals surface area (Å²) in [7, 11) is 2.44. The van der Waals surface area contributed by atoms with Crippen molar-refractivity contribution in [1.82, 2.24) is 10.6 Å². The minimum Gasteiger partial charge on any atom is -0.493 e. The number of rotatable bonds is 15. The zero-order valence-electron chi connectivity index (χ0n) is 24.2. The van der Waals surface area contributed by atoms with Crippen molar-refractivity contribution >= 4 is 17.6 Å². The summed E-state index contributed by atoms with van der Waals surface area (Å²) in [6.45, 7) is 4.74. The molecule has 0 spiro atoms. The molecule has 3 N–H and O–H groups in total. The van der Waals surface area contributed by atoms with E-state index < -0.39 is 28.9 Å². The standard InChI is InChI=1S/C30H37N3O9/c1-19-26(29(35)39-3)28(27(20(2)32-19)30(36)40-4)24-16-21(33(37)38)12-13-25(24)41-15-9-8-14-31-17-22(34)18-42-23-10-6-5-7-11-23/h5-7,10-13,16,22,28,31-32,34H,8-9,14-15,17-18H2,1-4H3. The predicted octanol–water partition coefficient (Wildman–Crippen LogP) is 3.36. The molecule has 0 radical (unpaired) electrons. The number of ether oxygens (including phenoxy) is 4. The average molecular weight is 584 g/mol. The van der Waals surface area contributed by atoms with Gasteiger partial charge in [0.2, 0.25) is 0 Å². The third-order valence-electron chi connectivity index (χ3n) is 6.66. The Bertz CT molecular complexity index is 1290. The van der Waals surface area contributed by atoms with Gasteiger partial charge in [0.15, 0.2) is 0 Å². The molecule has 0 bridgehead atoms. The normalized spacial score (nSPS) is 14.2. The summed E-state index contributed by atoms with van der Waals surface area (Å²) in [6, 6.07) is 13.3. The van der Waals surface area contributed by atoms with Crippen molar-refractivity contribution in [3.8, 4) is 11.5 Å². The van der Waals surface area contributed by atoms with Crippen molar-refractivity contribution in [3.05, 3.63) is 86.7 Å². The molecule has 1 unspecified atom stereocenters. The Balaban J connectivity index is 1.68. The molecule has 12 nitrogen and oxygen atoms in total. The number of methoxy groups -OCH3 is 2. The SMILES string of the molecule is COC(=O)C1=C(C)NC(C)=C(C(=O)OC)C1c1cc([N+](=O)[O-])ccc1OCCCCNCC(O)COc1ccccc1. The number of unbranched alkanes of at least 4 members (excludes halogenated alkanes) is 1. The maximum absolute atomic E-state index is 12.9. The quantitative estimate of drug-likeness (QED) is 0.122. The van der Waals surface area contributed by atoms with Crippen LogP contribution < -0.4 is 20.1 Å². The van der Waals surface area contributed by atoms with E-state index in [-0.39, 0.29) is 41.4 Å². The van der Waals surface area contributed by atoms with Crippen molar-refractivity contribution in [1.29, 1.82) is 0 Å². The largest absolute Gasteiger partial charge is 0.493 e. The van der Waals surface area contributed by atoms with Gasteiger partial charge in [0, 0.05) is 35.6 Å². The molecule has 3 rings (SSSR count). The highest BCUT2D eigenvalue weighted by atomic mass is 16.6. The van der Waals surface area contributed by atoms with Crippen LogP contribution in [0.5, 0.6) is 11.5 Å². The van der Waals surface area contributed by atoms with E-state index in [1.54, 1.807) is 13.8 Å². The summed E-state index contributed by atoms with van der Waals surface area (Å²) in [5, 5.41) is 28.0. The van der Waals surface area contributed by atoms with Crippen molar-refractivity contribution in [3.63, 3.8) is 0 Å². The van der Waals surface area contributed by atoms with Gasteiger partial charge in [-0.1, -0.05) is 18.2 Å². The average Bonchev–Trinajstić information content (AvgIpc) is 2.99. The molecule has 0 fully saturated rings. The molecule has 0 saturated heterocycles. The number of esters is 2. The number of nitro benzene ring substituents is 1. The Hall–Kier alpha value is -4.42. The van der Waals surface area contributed by atoms with Crippen LogP contribution in [0.25, 0.3) is 0 Å². The topological polar surface area (TPSA) is 158 Å². The van der Waals surface area contributed by atoms with Gasteiger partial charge in [-0.05, 0) is 51.4 Å². The van der Waals surface area contributed by atoms with E-state index >= 15 is 0 Å². The summed E-state index contributed by atoms with van der Waals surface area (Å²) in [5.41, 5.74) is 1.16. The smallest absolute Gasteiger partial charge is 0.336 e. The fourth-order valence-electron chi connectivity index (χ4n) is 4.64. The number of nitrogens with zero attached hydrogens (tertiary/aromatic N) is 1. The van der Waals surface area contributed by atoms with Crippen LogP contribution in [0.4, 0.5) is 5.69 Å². The highest BCUT2D eigenvalue weighted by Gasteiger charge is 2.39. The maximum atomic E-state index is 12.9. The minimum absolute atomic E-state index is 0.118. The Kier molecular flexibility index (Phi) is 11.9. The molecule has 0 amide bonds. The molecule has 1 heterocycles. The van der Waals surface area contributed by atoms with Gasteiger partial charge >= 0.3 is 11.9 Å². The first-order valence-corrected chi connectivity index (χ1v) is 13.5. The Labute approximate surface area is 244 Å². The number of aliphatic hydroxyl groups is 1. The molecular weight excluding hydrogens is 546 g/mol. The third kappa shape index (κ3) is 8.30. The van der Waals surface area contributed by atoms with Crippen LogP contribution in [0.1, 0.15) is 38.2 Å². The van der Waals surface area contributed by atoms with Crippen LogP contribution in [0.3, 0.4) is 0 Å². The molecule has 0 aliphatic carbocycles. The van der Waals surface area contributed by atoms with E-state index in [2.05, 4.69) is 10.6 Å². The number of carbonyl (C=O) groups excluding carboxylic acids is 2. The van der Waals surface area contributed by atoms with Gasteiger partial charge in [-0.3, -0.25) is 10.1 Å². The highest BCUT2D eigenvalue weighted by molar-refractivity contribution is 6.00. The number of hydrogen-bond donors (Lipinski definition) is 3. The number of non-ortho nitro benzene ring substituents is 1. The fraction of sp³-hybridized carbons (Fsp3) is 0.400. The van der Waals surface area contributed by atoms with E-state index in [0.29, 0.717) is 36.7 Å². The van der Waals surface area contributed by atoms with Crippen molar-refractivity contribution in [2.45, 2.75) is 38.7 Å². The van der Waals surface area contributed by atoms with Crippen LogP contribution in [-0.2, 0) is 19.1 Å². The van der Waals surface area contributed by atoms with E-state index in [0.717, 1.165) is 6.42 Å². The number of hydrogen-bond acceptors (Lipinski definition) is 11. The van der Waals surface area contributed by atoms with E-state index in [1.165, 1.54) is 32.4 Å². The number of benzene rings is 2. The molecule has 1 aliphatic rings. The van der Waals surface area contributed by atoms with Crippen LogP contribution in [-0.4, -0.2) is 68.6 Å². The van der Waals surface area contributed by atoms with E-state index in [9.17, 15) is 24.8 Å². The molecule has 42 heavy (non-hydrogen) atoms. The highest BCUT2D eigenvalue weighted by Crippen LogP contribution is 2.44. The lowest BCUT2D eigenvalue weighted by atomic mass is 9.80. The molecule has 0 aromatic heterocycles. The van der Waals surface area contributed by atoms with Gasteiger partial charge in [-0.2, -0.15) is 0 Å². The molecular formula is C30H37N3O9. The lowest BCUT2D eigenvalue weighted by molar-refractivity contribution is -0.384. The van der Waals surface area contributed by atoms with E-state index in [4.69, 9.17) is 18.9 Å². The number of carbonyl (C=O) groups is 2. The first-order chi connectivity index (χ1) is 20.2. The number of nitrogens with one attached hydrogen (secondary N) is 2. The number of aliphatic hydroxyl groups excluding tert-OH is 1. The monoisotopic (exact) mass is 583 g/mol. The number of para-hydroxylation sites is 1. The van der Waals surface area contributed by atoms with Crippen LogP contribution >= 0.6 is 0 Å². The predicted molar refractivity (Wildman–Crippen MR) is 154 cm³/mol. The molecule has 2 aromatic carbocycles. The van der Waals surface area contributed by atoms with Gasteiger partial charge in [0.1, 0.15) is 24.2 Å². The minimum atomic E-state index is -1.03. The molecule has 1 aliphatic heterocycles. The second-order valence-electron chi connectivity index (χ2n) is 9.64. The van der Waals surface area contributed by atoms with Gasteiger partial charge in [-0.25, -0.2) is 9.59 Å². The lowest BCUT2D eigenvalue weighted by Gasteiger charge is -2.30. The van der Waals surface area contributed by atoms with Gasteiger partial charge in [0.05, 0.1) is 42.8 Å². The number of allylic oxidation sites excluding steroid dienone is 2. The molecule has 2 aromatic rings. The molecule has 1 atom stereocenters. The second-order valence-corrected chi connectivity index (χ2v) is 9.64. The van der Waals surface area contributed by atoms with Gasteiger partial charge in [-0.15, -0.1) is 0 Å². The van der Waals surface area contributed by atoms with E-state index in [1.807, 2.05) is 30.3 Å². The molecule has 0 saturated carbocycles. The third-order valence-corrected chi connectivity index (χ3v) is 6.66. The lowest BCUT2D eigenvalue weighted by Crippen LogP contribution is -2.32. The summed E-state index contributed by atoms with van der Waals surface area (Å²) in [4.78, 5) is 36.8. The Morgan fingerprint density at radius 2 is 1.64 bits per heavy atom. The first kappa shape index (κ1) is 32.1. The second kappa shape index (κ2) is 15.5.